The maximum atomic E-state index is 12.8. The van der Waals surface area contributed by atoms with Crippen LogP contribution in [0.1, 0.15) is 50.6 Å². The third-order valence-electron chi connectivity index (χ3n) is 5.65. The smallest absolute Gasteiger partial charge is 0.241 e. The van der Waals surface area contributed by atoms with E-state index in [4.69, 9.17) is 0 Å². The molecule has 1 unspecified atom stereocenters. The van der Waals surface area contributed by atoms with Crippen LogP contribution in [0.5, 0.6) is 0 Å². The van der Waals surface area contributed by atoms with Gasteiger partial charge in [-0.1, -0.05) is 17.8 Å². The SMILES string of the molecule is CC1=NNC(n2cc(CC3CC3)c3ccc(S(=O)(=O)NC4(C)CC4)cc32)S1. The first-order valence-electron chi connectivity index (χ1n) is 9.47. The Hall–Kier alpha value is -1.51. The van der Waals surface area contributed by atoms with Crippen LogP contribution < -0.4 is 10.1 Å². The predicted octanol–water partition coefficient (Wildman–Crippen LogP) is 3.55. The number of nitrogens with one attached hydrogen (secondary N) is 2. The van der Waals surface area contributed by atoms with Crippen LogP contribution >= 0.6 is 11.8 Å². The Balaban J connectivity index is 1.57. The summed E-state index contributed by atoms with van der Waals surface area (Å²) in [6.07, 6.45) is 7.61. The summed E-state index contributed by atoms with van der Waals surface area (Å²) >= 11 is 1.65. The lowest BCUT2D eigenvalue weighted by atomic mass is 10.1. The Bertz CT molecular complexity index is 1050. The second-order valence-electron chi connectivity index (χ2n) is 8.28. The number of hydrogen-bond acceptors (Lipinski definition) is 5. The average Bonchev–Trinajstić information content (AvgIpc) is 3.49. The van der Waals surface area contributed by atoms with Crippen molar-refractivity contribution in [1.82, 2.24) is 14.7 Å². The summed E-state index contributed by atoms with van der Waals surface area (Å²) in [6, 6.07) is 5.53. The van der Waals surface area contributed by atoms with Crippen molar-refractivity contribution in [2.75, 3.05) is 0 Å². The van der Waals surface area contributed by atoms with Crippen molar-refractivity contribution < 1.29 is 8.42 Å². The summed E-state index contributed by atoms with van der Waals surface area (Å²) in [5.41, 5.74) is 5.09. The number of hydrazone groups is 1. The third-order valence-corrected chi connectivity index (χ3v) is 8.28. The molecule has 1 atom stereocenters. The summed E-state index contributed by atoms with van der Waals surface area (Å²) in [6.45, 7) is 3.93. The quantitative estimate of drug-likeness (QED) is 0.772. The molecular weight excluding hydrogens is 380 g/mol. The van der Waals surface area contributed by atoms with Crippen LogP contribution in [0.15, 0.2) is 34.4 Å². The Labute approximate surface area is 163 Å². The molecule has 2 aromatic rings. The fourth-order valence-corrected chi connectivity index (χ4v) is 5.92. The molecule has 27 heavy (non-hydrogen) atoms. The molecule has 1 aromatic carbocycles. The van der Waals surface area contributed by atoms with Crippen molar-refractivity contribution >= 4 is 37.7 Å². The molecule has 1 aliphatic heterocycles. The van der Waals surface area contributed by atoms with Gasteiger partial charge in [0.1, 0.15) is 0 Å². The number of rotatable bonds is 6. The van der Waals surface area contributed by atoms with Crippen LogP contribution in [0.3, 0.4) is 0 Å². The highest BCUT2D eigenvalue weighted by Gasteiger charge is 2.41. The Kier molecular flexibility index (Phi) is 3.90. The van der Waals surface area contributed by atoms with Gasteiger partial charge in [0.25, 0.3) is 0 Å². The molecule has 1 aromatic heterocycles. The standard InChI is InChI=1S/C19H24N4O2S2/c1-12-20-21-18(26-12)23-11-14(9-13-3-4-13)16-6-5-15(10-17(16)23)27(24,25)22-19(2)7-8-19/h5-6,10-11,13,18,21-22H,3-4,7-9H2,1-2H3. The summed E-state index contributed by atoms with van der Waals surface area (Å²) in [5.74, 6) is 0.770. The molecule has 2 saturated carbocycles. The van der Waals surface area contributed by atoms with E-state index < -0.39 is 10.0 Å². The van der Waals surface area contributed by atoms with Gasteiger partial charge in [-0.2, -0.15) is 5.10 Å². The molecule has 2 aliphatic carbocycles. The molecule has 6 nitrogen and oxygen atoms in total. The maximum Gasteiger partial charge on any atom is 0.241 e. The van der Waals surface area contributed by atoms with Gasteiger partial charge in [0.05, 0.1) is 15.5 Å². The molecular formula is C19H24N4O2S2. The first kappa shape index (κ1) is 17.6. The van der Waals surface area contributed by atoms with Gasteiger partial charge >= 0.3 is 0 Å². The van der Waals surface area contributed by atoms with Crippen molar-refractivity contribution in [2.24, 2.45) is 11.0 Å². The molecule has 0 radical (unpaired) electrons. The third kappa shape index (κ3) is 3.39. The molecule has 0 spiro atoms. The fourth-order valence-electron chi connectivity index (χ4n) is 3.61. The molecule has 0 saturated heterocycles. The molecule has 8 heteroatoms. The topological polar surface area (TPSA) is 75.5 Å². The summed E-state index contributed by atoms with van der Waals surface area (Å²) in [5, 5.41) is 6.42. The highest BCUT2D eigenvalue weighted by molar-refractivity contribution is 8.14. The molecule has 5 rings (SSSR count). The largest absolute Gasteiger partial charge is 0.316 e. The molecule has 144 valence electrons. The van der Waals surface area contributed by atoms with Crippen molar-refractivity contribution in [3.63, 3.8) is 0 Å². The lowest BCUT2D eigenvalue weighted by Gasteiger charge is -2.15. The molecule has 0 bridgehead atoms. The van der Waals surface area contributed by atoms with Crippen molar-refractivity contribution in [3.8, 4) is 0 Å². The summed E-state index contributed by atoms with van der Waals surface area (Å²) < 4.78 is 30.7. The number of aromatic nitrogens is 1. The highest BCUT2D eigenvalue weighted by atomic mass is 32.2. The van der Waals surface area contributed by atoms with Crippen LogP contribution in [0.25, 0.3) is 10.9 Å². The van der Waals surface area contributed by atoms with Gasteiger partial charge in [-0.3, -0.25) is 5.43 Å². The van der Waals surface area contributed by atoms with Crippen LogP contribution in [-0.4, -0.2) is 23.6 Å². The average molecular weight is 405 g/mol. The van der Waals surface area contributed by atoms with Crippen LogP contribution in [0, 0.1) is 5.92 Å². The Morgan fingerprint density at radius 2 is 2.15 bits per heavy atom. The zero-order valence-corrected chi connectivity index (χ0v) is 17.2. The Morgan fingerprint density at radius 3 is 2.78 bits per heavy atom. The van der Waals surface area contributed by atoms with Gasteiger partial charge in [0, 0.05) is 17.1 Å². The van der Waals surface area contributed by atoms with E-state index in [9.17, 15) is 8.42 Å². The summed E-state index contributed by atoms with van der Waals surface area (Å²) in [7, 11) is -3.52. The number of thioether (sulfide) groups is 1. The van der Waals surface area contributed by atoms with Crippen LogP contribution in [-0.2, 0) is 16.4 Å². The molecule has 0 amide bonds. The summed E-state index contributed by atoms with van der Waals surface area (Å²) in [4.78, 5) is 0.334. The second-order valence-corrected chi connectivity index (χ2v) is 11.2. The number of nitrogens with zero attached hydrogens (tertiary/aromatic N) is 2. The highest BCUT2D eigenvalue weighted by Crippen LogP contribution is 2.39. The van der Waals surface area contributed by atoms with Crippen molar-refractivity contribution in [2.45, 2.75) is 61.9 Å². The maximum absolute atomic E-state index is 12.8. The van der Waals surface area contributed by atoms with E-state index in [1.54, 1.807) is 17.8 Å². The van der Waals surface area contributed by atoms with Gasteiger partial charge in [0.2, 0.25) is 10.0 Å². The monoisotopic (exact) mass is 404 g/mol. The van der Waals surface area contributed by atoms with Gasteiger partial charge in [-0.05, 0) is 69.6 Å². The number of benzene rings is 1. The first-order valence-corrected chi connectivity index (χ1v) is 11.8. The van der Waals surface area contributed by atoms with Gasteiger partial charge in [0.15, 0.2) is 5.50 Å². The minimum atomic E-state index is -3.52. The van der Waals surface area contributed by atoms with Crippen LogP contribution in [0.4, 0.5) is 0 Å². The van der Waals surface area contributed by atoms with Crippen LogP contribution in [0.2, 0.25) is 0 Å². The van der Waals surface area contributed by atoms with Gasteiger partial charge in [-0.25, -0.2) is 13.1 Å². The first-order chi connectivity index (χ1) is 12.8. The van der Waals surface area contributed by atoms with Gasteiger partial charge in [-0.15, -0.1) is 0 Å². The zero-order chi connectivity index (χ0) is 18.8. The number of sulfonamides is 1. The fraction of sp³-hybridized carbons (Fsp3) is 0.526. The lowest BCUT2D eigenvalue weighted by molar-refractivity contribution is 0.558. The molecule has 2 heterocycles. The number of fused-ring (bicyclic) bond motifs is 1. The van der Waals surface area contributed by atoms with E-state index in [2.05, 4.69) is 26.0 Å². The van der Waals surface area contributed by atoms with Crippen molar-refractivity contribution in [1.29, 1.82) is 0 Å². The predicted molar refractivity (Wildman–Crippen MR) is 109 cm³/mol. The molecule has 2 fully saturated rings. The normalized spacial score (nSPS) is 24.1. The zero-order valence-electron chi connectivity index (χ0n) is 15.5. The van der Waals surface area contributed by atoms with E-state index in [0.29, 0.717) is 4.90 Å². The van der Waals surface area contributed by atoms with Gasteiger partial charge < -0.3 is 4.57 Å². The van der Waals surface area contributed by atoms with E-state index in [0.717, 1.165) is 41.1 Å². The Morgan fingerprint density at radius 1 is 1.37 bits per heavy atom. The van der Waals surface area contributed by atoms with E-state index in [1.807, 2.05) is 26.0 Å². The minimum Gasteiger partial charge on any atom is -0.316 e. The van der Waals surface area contributed by atoms with E-state index in [1.165, 1.54) is 18.4 Å². The lowest BCUT2D eigenvalue weighted by Crippen LogP contribution is -2.34. The second kappa shape index (κ2) is 5.99. The van der Waals surface area contributed by atoms with E-state index in [-0.39, 0.29) is 11.0 Å². The molecule has 3 aliphatic rings. The minimum absolute atomic E-state index is 0.0349. The van der Waals surface area contributed by atoms with E-state index >= 15 is 0 Å². The number of hydrogen-bond donors (Lipinski definition) is 2. The van der Waals surface area contributed by atoms with Crippen molar-refractivity contribution in [3.05, 3.63) is 30.0 Å². The molecule has 2 N–H and O–H groups in total.